The van der Waals surface area contributed by atoms with Crippen LogP contribution in [0.2, 0.25) is 0 Å². The number of hydrogen-bond donors (Lipinski definition) is 3. The summed E-state index contributed by atoms with van der Waals surface area (Å²) in [6.45, 7) is 7.06. The highest BCUT2D eigenvalue weighted by Gasteiger charge is 2.39. The zero-order valence-corrected chi connectivity index (χ0v) is 33.9. The maximum atomic E-state index is 14.6. The molecule has 3 heterocycles. The molecule has 1 atom stereocenters. The van der Waals surface area contributed by atoms with Gasteiger partial charge < -0.3 is 25.2 Å². The molecule has 13 nitrogen and oxygen atoms in total. The number of nitrogens with zero attached hydrogens (tertiary/aromatic N) is 5. The van der Waals surface area contributed by atoms with E-state index in [9.17, 15) is 36.7 Å². The number of carbonyl (C=O) groups is 4. The molecule has 0 aliphatic carbocycles. The standard InChI is InChI=1S/C41H46F4N8O5S/c1-5-26-18-28(53(24-59)40(2,3)39(57)51(4)29-20-30(41(43,44)45)34(21-46)47-22-29)7-10-35(26)58-17-14-25-12-15-52(16-13-25)23-37(55)49-33-19-27(6-8-31(33)42)48-32-9-11-36(54)50-38(32)56/h6-8,10,18-20,22,24-25,32,48H,5,9,11-17,23H2,1-4H3,(H,49,55)(H,50,54,56). The van der Waals surface area contributed by atoms with Crippen LogP contribution in [0.4, 0.5) is 40.3 Å². The van der Waals surface area contributed by atoms with Gasteiger partial charge in [-0.15, -0.1) is 0 Å². The van der Waals surface area contributed by atoms with E-state index in [0.717, 1.165) is 42.0 Å². The number of ether oxygens (including phenoxy) is 1. The summed E-state index contributed by atoms with van der Waals surface area (Å²) in [6.07, 6.45) is -0.226. The van der Waals surface area contributed by atoms with E-state index in [1.54, 1.807) is 30.9 Å². The zero-order chi connectivity index (χ0) is 43.1. The highest BCUT2D eigenvalue weighted by atomic mass is 32.1. The first kappa shape index (κ1) is 44.4. The van der Waals surface area contributed by atoms with Crippen LogP contribution in [0.3, 0.4) is 0 Å². The van der Waals surface area contributed by atoms with Crippen molar-refractivity contribution in [1.29, 1.82) is 5.26 Å². The molecule has 0 saturated carbocycles. The van der Waals surface area contributed by atoms with E-state index >= 15 is 0 Å². The van der Waals surface area contributed by atoms with E-state index in [0.29, 0.717) is 55.6 Å². The number of aryl methyl sites for hydroxylation is 1. The summed E-state index contributed by atoms with van der Waals surface area (Å²) < 4.78 is 61.6. The van der Waals surface area contributed by atoms with Gasteiger partial charge in [0.25, 0.3) is 5.91 Å². The molecule has 3 aromatic rings. The first-order valence-corrected chi connectivity index (χ1v) is 19.6. The van der Waals surface area contributed by atoms with Gasteiger partial charge >= 0.3 is 6.18 Å². The maximum Gasteiger partial charge on any atom is 0.419 e. The Morgan fingerprint density at radius 2 is 1.83 bits per heavy atom. The fourth-order valence-corrected chi connectivity index (χ4v) is 7.51. The molecule has 0 bridgehead atoms. The molecule has 1 unspecified atom stereocenters. The van der Waals surface area contributed by atoms with Crippen molar-refractivity contribution in [3.63, 3.8) is 0 Å². The fourth-order valence-electron chi connectivity index (χ4n) is 7.13. The Kier molecular flexibility index (Phi) is 14.3. The molecule has 5 rings (SSSR count). The van der Waals surface area contributed by atoms with Crippen molar-refractivity contribution in [2.24, 2.45) is 5.92 Å². The number of amides is 4. The molecular formula is C41H46F4N8O5S. The van der Waals surface area contributed by atoms with Crippen molar-refractivity contribution in [1.82, 2.24) is 15.2 Å². The summed E-state index contributed by atoms with van der Waals surface area (Å²) in [5.41, 5.74) is -0.317. The van der Waals surface area contributed by atoms with E-state index in [-0.39, 0.29) is 36.2 Å². The minimum Gasteiger partial charge on any atom is -0.493 e. The van der Waals surface area contributed by atoms with Crippen LogP contribution in [0.5, 0.6) is 5.75 Å². The summed E-state index contributed by atoms with van der Waals surface area (Å²) in [5, 5.41) is 17.0. The van der Waals surface area contributed by atoms with Crippen molar-refractivity contribution in [2.45, 2.75) is 77.1 Å². The van der Waals surface area contributed by atoms with Gasteiger partial charge in [0, 0.05) is 24.8 Å². The second-order valence-electron chi connectivity index (χ2n) is 15.0. The molecule has 2 aliphatic rings. The number of nitriles is 1. The Hall–Kier alpha value is -5.67. The molecule has 314 valence electrons. The number of thiocarbonyl (C=S) groups is 1. The van der Waals surface area contributed by atoms with Crippen molar-refractivity contribution >= 4 is 64.1 Å². The second kappa shape index (κ2) is 18.9. The lowest BCUT2D eigenvalue weighted by atomic mass is 9.94. The molecule has 4 amide bonds. The minimum absolute atomic E-state index is 0.0120. The van der Waals surface area contributed by atoms with Gasteiger partial charge in [0.15, 0.2) is 5.69 Å². The number of halogens is 4. The van der Waals surface area contributed by atoms with Gasteiger partial charge in [-0.05, 0) is 113 Å². The van der Waals surface area contributed by atoms with E-state index in [1.165, 1.54) is 36.8 Å². The third-order valence-corrected chi connectivity index (χ3v) is 10.8. The van der Waals surface area contributed by atoms with E-state index < -0.39 is 46.6 Å². The summed E-state index contributed by atoms with van der Waals surface area (Å²) in [6, 6.07) is 11.0. The number of nitrogens with one attached hydrogen (secondary N) is 3. The number of anilines is 4. The number of alkyl halides is 3. The highest BCUT2D eigenvalue weighted by molar-refractivity contribution is 7.79. The molecule has 2 aliphatic heterocycles. The maximum absolute atomic E-state index is 14.6. The topological polar surface area (TPSA) is 160 Å². The van der Waals surface area contributed by atoms with E-state index in [1.807, 2.05) is 17.9 Å². The number of carbonyl (C=O) groups excluding carboxylic acids is 4. The van der Waals surface area contributed by atoms with Gasteiger partial charge in [0.1, 0.15) is 29.2 Å². The number of likely N-dealkylation sites (N-methyl/N-ethyl adjacent to an activating group) is 1. The summed E-state index contributed by atoms with van der Waals surface area (Å²) in [4.78, 5) is 58.5. The Morgan fingerprint density at radius 1 is 1.10 bits per heavy atom. The SMILES string of the molecule is CCc1cc(N(C=S)C(C)(C)C(=O)N(C)c2cnc(C#N)c(C(F)(F)F)c2)ccc1OCCC1CCN(CC(=O)Nc2cc(NC3CCC(=O)NC3=O)ccc2F)CC1. The predicted octanol–water partition coefficient (Wildman–Crippen LogP) is 6.22. The van der Waals surface area contributed by atoms with Crippen LogP contribution in [0.1, 0.15) is 69.7 Å². The van der Waals surface area contributed by atoms with Crippen LogP contribution in [0.25, 0.3) is 0 Å². The second-order valence-corrected chi connectivity index (χ2v) is 15.2. The van der Waals surface area contributed by atoms with Gasteiger partial charge in [-0.3, -0.25) is 29.4 Å². The number of piperidine rings is 2. The highest BCUT2D eigenvalue weighted by Crippen LogP contribution is 2.35. The number of imide groups is 1. The molecule has 2 aromatic carbocycles. The lowest BCUT2D eigenvalue weighted by molar-refractivity contribution is -0.138. The van der Waals surface area contributed by atoms with Crippen LogP contribution < -0.4 is 30.5 Å². The fraction of sp³-hybridized carbons (Fsp3) is 0.439. The summed E-state index contributed by atoms with van der Waals surface area (Å²) >= 11 is 5.32. The van der Waals surface area contributed by atoms with Gasteiger partial charge in [0.2, 0.25) is 17.7 Å². The number of pyridine rings is 1. The zero-order valence-electron chi connectivity index (χ0n) is 33.1. The molecule has 18 heteroatoms. The molecule has 59 heavy (non-hydrogen) atoms. The van der Waals surface area contributed by atoms with Crippen LogP contribution in [0, 0.1) is 23.1 Å². The Labute approximate surface area is 345 Å². The average Bonchev–Trinajstić information content (AvgIpc) is 3.20. The Morgan fingerprint density at radius 3 is 2.47 bits per heavy atom. The number of hydrogen-bond acceptors (Lipinski definition) is 10. The first-order valence-electron chi connectivity index (χ1n) is 19.1. The average molecular weight is 839 g/mol. The predicted molar refractivity (Wildman–Crippen MR) is 217 cm³/mol. The molecular weight excluding hydrogens is 793 g/mol. The molecule has 1 aromatic heterocycles. The number of aromatic nitrogens is 1. The first-order chi connectivity index (χ1) is 27.9. The van der Waals surface area contributed by atoms with Gasteiger partial charge in [-0.2, -0.15) is 18.4 Å². The van der Waals surface area contributed by atoms with Crippen LogP contribution in [0.15, 0.2) is 48.7 Å². The van der Waals surface area contributed by atoms with Crippen molar-refractivity contribution in [3.8, 4) is 11.8 Å². The van der Waals surface area contributed by atoms with E-state index in [2.05, 4.69) is 20.9 Å². The number of likely N-dealkylation sites (tertiary alicyclic amines) is 1. The van der Waals surface area contributed by atoms with Gasteiger partial charge in [-0.1, -0.05) is 19.1 Å². The summed E-state index contributed by atoms with van der Waals surface area (Å²) in [7, 11) is 1.33. The van der Waals surface area contributed by atoms with Gasteiger partial charge in [0.05, 0.1) is 41.8 Å². The van der Waals surface area contributed by atoms with Crippen molar-refractivity contribution in [3.05, 3.63) is 71.3 Å². The van der Waals surface area contributed by atoms with Crippen LogP contribution in [-0.4, -0.2) is 83.9 Å². The van der Waals surface area contributed by atoms with Gasteiger partial charge in [-0.25, -0.2) is 9.37 Å². The number of rotatable bonds is 15. The summed E-state index contributed by atoms with van der Waals surface area (Å²) in [5.74, 6) is -1.31. The molecule has 2 saturated heterocycles. The molecule has 0 radical (unpaired) electrons. The third-order valence-electron chi connectivity index (χ3n) is 10.6. The molecule has 0 spiro atoms. The normalized spacial score (nSPS) is 16.4. The smallest absolute Gasteiger partial charge is 0.419 e. The van der Waals surface area contributed by atoms with Crippen molar-refractivity contribution < 1.29 is 41.5 Å². The Bertz CT molecular complexity index is 2120. The Balaban J connectivity index is 1.11. The largest absolute Gasteiger partial charge is 0.493 e. The van der Waals surface area contributed by atoms with E-state index in [4.69, 9.17) is 22.2 Å². The molecule has 2 fully saturated rings. The van der Waals surface area contributed by atoms with Crippen LogP contribution >= 0.6 is 12.2 Å². The number of benzene rings is 2. The monoisotopic (exact) mass is 838 g/mol. The lowest BCUT2D eigenvalue weighted by Crippen LogP contribution is -2.55. The third kappa shape index (κ3) is 10.9. The molecule has 3 N–H and O–H groups in total. The van der Waals surface area contributed by atoms with Crippen molar-refractivity contribution in [2.75, 3.05) is 53.7 Å². The lowest BCUT2D eigenvalue weighted by Gasteiger charge is -2.38. The van der Waals surface area contributed by atoms with Crippen LogP contribution in [-0.2, 0) is 31.8 Å². The quantitative estimate of drug-likeness (QED) is 0.0907. The minimum atomic E-state index is -4.84.